The second-order valence-corrected chi connectivity index (χ2v) is 3.54. The SMILES string of the molecule is Cc1ccc(C)c(-c2nc(CN)no2)c1. The van der Waals surface area contributed by atoms with Gasteiger partial charge in [0.25, 0.3) is 5.89 Å². The van der Waals surface area contributed by atoms with E-state index in [0.29, 0.717) is 18.3 Å². The fourth-order valence-corrected chi connectivity index (χ4v) is 1.41. The minimum absolute atomic E-state index is 0.300. The van der Waals surface area contributed by atoms with Gasteiger partial charge in [0.15, 0.2) is 5.82 Å². The van der Waals surface area contributed by atoms with Gasteiger partial charge in [0.2, 0.25) is 0 Å². The molecule has 2 rings (SSSR count). The summed E-state index contributed by atoms with van der Waals surface area (Å²) >= 11 is 0. The largest absolute Gasteiger partial charge is 0.334 e. The second kappa shape index (κ2) is 3.82. The van der Waals surface area contributed by atoms with Crippen LogP contribution in [0.15, 0.2) is 22.7 Å². The highest BCUT2D eigenvalue weighted by atomic mass is 16.5. The number of nitrogens with two attached hydrogens (primary N) is 1. The summed E-state index contributed by atoms with van der Waals surface area (Å²) in [6.07, 6.45) is 0. The quantitative estimate of drug-likeness (QED) is 0.808. The lowest BCUT2D eigenvalue weighted by Crippen LogP contribution is -1.97. The van der Waals surface area contributed by atoms with E-state index in [1.165, 1.54) is 5.56 Å². The van der Waals surface area contributed by atoms with Gasteiger partial charge >= 0.3 is 0 Å². The van der Waals surface area contributed by atoms with Crippen LogP contribution < -0.4 is 5.73 Å². The van der Waals surface area contributed by atoms with Crippen LogP contribution in [0.2, 0.25) is 0 Å². The molecule has 0 radical (unpaired) electrons. The van der Waals surface area contributed by atoms with Crippen molar-refractivity contribution in [2.24, 2.45) is 5.73 Å². The van der Waals surface area contributed by atoms with Crippen molar-refractivity contribution in [1.82, 2.24) is 10.1 Å². The van der Waals surface area contributed by atoms with Gasteiger partial charge in [-0.15, -0.1) is 0 Å². The van der Waals surface area contributed by atoms with Crippen LogP contribution >= 0.6 is 0 Å². The first-order valence-electron chi connectivity index (χ1n) is 4.81. The van der Waals surface area contributed by atoms with Crippen LogP contribution in [0, 0.1) is 13.8 Å². The van der Waals surface area contributed by atoms with Crippen LogP contribution in [0.4, 0.5) is 0 Å². The Morgan fingerprint density at radius 1 is 1.33 bits per heavy atom. The fourth-order valence-electron chi connectivity index (χ4n) is 1.41. The molecule has 1 heterocycles. The first-order valence-corrected chi connectivity index (χ1v) is 4.81. The van der Waals surface area contributed by atoms with E-state index in [-0.39, 0.29) is 0 Å². The molecule has 0 aliphatic rings. The number of benzene rings is 1. The summed E-state index contributed by atoms with van der Waals surface area (Å²) in [4.78, 5) is 4.20. The first-order chi connectivity index (χ1) is 7.20. The molecular formula is C11H13N3O. The molecule has 2 N–H and O–H groups in total. The normalized spacial score (nSPS) is 10.6. The van der Waals surface area contributed by atoms with Gasteiger partial charge in [-0.1, -0.05) is 22.9 Å². The third kappa shape index (κ3) is 1.89. The number of aromatic nitrogens is 2. The van der Waals surface area contributed by atoms with E-state index in [2.05, 4.69) is 16.2 Å². The number of nitrogens with zero attached hydrogens (tertiary/aromatic N) is 2. The van der Waals surface area contributed by atoms with Crippen molar-refractivity contribution >= 4 is 0 Å². The number of hydrogen-bond donors (Lipinski definition) is 1. The molecule has 0 fully saturated rings. The lowest BCUT2D eigenvalue weighted by molar-refractivity contribution is 0.422. The van der Waals surface area contributed by atoms with Crippen LogP contribution in [-0.2, 0) is 6.54 Å². The molecule has 0 unspecified atom stereocenters. The summed E-state index contributed by atoms with van der Waals surface area (Å²) in [5, 5.41) is 3.77. The van der Waals surface area contributed by atoms with E-state index in [1.54, 1.807) is 0 Å². The molecule has 15 heavy (non-hydrogen) atoms. The number of aryl methyl sites for hydroxylation is 2. The van der Waals surface area contributed by atoms with Gasteiger partial charge in [-0.25, -0.2) is 0 Å². The van der Waals surface area contributed by atoms with E-state index < -0.39 is 0 Å². The average Bonchev–Trinajstić information content (AvgIpc) is 2.70. The van der Waals surface area contributed by atoms with Gasteiger partial charge in [-0.3, -0.25) is 0 Å². The Kier molecular flexibility index (Phi) is 2.51. The number of rotatable bonds is 2. The number of hydrogen-bond acceptors (Lipinski definition) is 4. The van der Waals surface area contributed by atoms with Crippen LogP contribution in [0.3, 0.4) is 0 Å². The highest BCUT2D eigenvalue weighted by molar-refractivity contribution is 5.59. The topological polar surface area (TPSA) is 64.9 Å². The lowest BCUT2D eigenvalue weighted by Gasteiger charge is -2.01. The standard InChI is InChI=1S/C11H13N3O/c1-7-3-4-8(2)9(5-7)11-13-10(6-12)14-15-11/h3-5H,6,12H2,1-2H3. The summed E-state index contributed by atoms with van der Waals surface area (Å²) in [6.45, 7) is 4.35. The monoisotopic (exact) mass is 203 g/mol. The minimum Gasteiger partial charge on any atom is -0.334 e. The Balaban J connectivity index is 2.48. The molecule has 0 amide bonds. The van der Waals surface area contributed by atoms with Gasteiger partial charge in [0.05, 0.1) is 6.54 Å². The molecule has 0 spiro atoms. The predicted molar refractivity (Wildman–Crippen MR) is 57.1 cm³/mol. The minimum atomic E-state index is 0.300. The predicted octanol–water partition coefficient (Wildman–Crippen LogP) is 1.81. The second-order valence-electron chi connectivity index (χ2n) is 3.54. The van der Waals surface area contributed by atoms with Gasteiger partial charge in [-0.05, 0) is 25.5 Å². The molecule has 0 atom stereocenters. The maximum Gasteiger partial charge on any atom is 0.258 e. The van der Waals surface area contributed by atoms with Crippen molar-refractivity contribution in [2.75, 3.05) is 0 Å². The maximum atomic E-state index is 5.42. The zero-order valence-corrected chi connectivity index (χ0v) is 8.82. The van der Waals surface area contributed by atoms with E-state index in [1.807, 2.05) is 26.0 Å². The molecule has 0 aliphatic heterocycles. The molecule has 1 aromatic carbocycles. The molecule has 0 saturated carbocycles. The van der Waals surface area contributed by atoms with Crippen molar-refractivity contribution < 1.29 is 4.52 Å². The molecule has 0 saturated heterocycles. The van der Waals surface area contributed by atoms with E-state index >= 15 is 0 Å². The van der Waals surface area contributed by atoms with Crippen LogP contribution in [0.5, 0.6) is 0 Å². The summed E-state index contributed by atoms with van der Waals surface area (Å²) in [5.41, 5.74) is 8.69. The third-order valence-corrected chi connectivity index (χ3v) is 2.27. The van der Waals surface area contributed by atoms with Crippen LogP contribution in [-0.4, -0.2) is 10.1 Å². The summed E-state index contributed by atoms with van der Waals surface area (Å²) < 4.78 is 5.14. The summed E-state index contributed by atoms with van der Waals surface area (Å²) in [7, 11) is 0. The average molecular weight is 203 g/mol. The Hall–Kier alpha value is -1.68. The van der Waals surface area contributed by atoms with Crippen molar-refractivity contribution in [1.29, 1.82) is 0 Å². The van der Waals surface area contributed by atoms with E-state index in [9.17, 15) is 0 Å². The molecule has 4 nitrogen and oxygen atoms in total. The molecule has 0 aliphatic carbocycles. The zero-order chi connectivity index (χ0) is 10.8. The smallest absolute Gasteiger partial charge is 0.258 e. The van der Waals surface area contributed by atoms with Gasteiger partial charge < -0.3 is 10.3 Å². The van der Waals surface area contributed by atoms with Gasteiger partial charge in [0, 0.05) is 5.56 Å². The van der Waals surface area contributed by atoms with Crippen molar-refractivity contribution in [3.05, 3.63) is 35.2 Å². The maximum absolute atomic E-state index is 5.42. The van der Waals surface area contributed by atoms with Crippen molar-refractivity contribution in [3.63, 3.8) is 0 Å². The molecule has 4 heteroatoms. The van der Waals surface area contributed by atoms with Crippen LogP contribution in [0.25, 0.3) is 11.5 Å². The van der Waals surface area contributed by atoms with E-state index in [0.717, 1.165) is 11.1 Å². The Labute approximate surface area is 88.1 Å². The van der Waals surface area contributed by atoms with E-state index in [4.69, 9.17) is 10.3 Å². The summed E-state index contributed by atoms with van der Waals surface area (Å²) in [5.74, 6) is 1.07. The van der Waals surface area contributed by atoms with Gasteiger partial charge in [-0.2, -0.15) is 4.98 Å². The molecular weight excluding hydrogens is 190 g/mol. The summed E-state index contributed by atoms with van der Waals surface area (Å²) in [6, 6.07) is 6.12. The van der Waals surface area contributed by atoms with Gasteiger partial charge in [0.1, 0.15) is 0 Å². The van der Waals surface area contributed by atoms with Crippen molar-refractivity contribution in [3.8, 4) is 11.5 Å². The zero-order valence-electron chi connectivity index (χ0n) is 8.82. The first kappa shape index (κ1) is 9.86. The Morgan fingerprint density at radius 3 is 2.80 bits per heavy atom. The Bertz CT molecular complexity index is 476. The molecule has 2 aromatic rings. The van der Waals surface area contributed by atoms with Crippen molar-refractivity contribution in [2.45, 2.75) is 20.4 Å². The lowest BCUT2D eigenvalue weighted by atomic mass is 10.1. The molecule has 1 aromatic heterocycles. The Morgan fingerprint density at radius 2 is 2.13 bits per heavy atom. The highest BCUT2D eigenvalue weighted by Crippen LogP contribution is 2.22. The fraction of sp³-hybridized carbons (Fsp3) is 0.273. The molecule has 0 bridgehead atoms. The van der Waals surface area contributed by atoms with Crippen LogP contribution in [0.1, 0.15) is 17.0 Å². The molecule has 78 valence electrons. The highest BCUT2D eigenvalue weighted by Gasteiger charge is 2.10. The third-order valence-electron chi connectivity index (χ3n) is 2.27.